The Morgan fingerprint density at radius 1 is 0.889 bits per heavy atom. The summed E-state index contributed by atoms with van der Waals surface area (Å²) in [5, 5.41) is 3.69. The molecule has 2 aromatic carbocycles. The first-order chi connectivity index (χ1) is 13.1. The van der Waals surface area contributed by atoms with Crippen molar-refractivity contribution >= 4 is 16.7 Å². The summed E-state index contributed by atoms with van der Waals surface area (Å²) < 4.78 is 41.5. The van der Waals surface area contributed by atoms with Crippen LogP contribution < -0.4 is 5.32 Å². The molecule has 0 unspecified atom stereocenters. The van der Waals surface area contributed by atoms with Gasteiger partial charge >= 0.3 is 0 Å². The van der Waals surface area contributed by atoms with Crippen molar-refractivity contribution in [3.8, 4) is 22.5 Å². The molecule has 2 heterocycles. The van der Waals surface area contributed by atoms with Crippen LogP contribution in [-0.4, -0.2) is 22.0 Å². The number of benzene rings is 2. The van der Waals surface area contributed by atoms with Crippen LogP contribution in [0.25, 0.3) is 33.4 Å². The Balaban J connectivity index is 1.94. The molecule has 0 bridgehead atoms. The van der Waals surface area contributed by atoms with Gasteiger partial charge < -0.3 is 5.32 Å². The molecule has 134 valence electrons. The molecule has 0 fully saturated rings. The topological polar surface area (TPSA) is 50.7 Å². The molecule has 0 saturated heterocycles. The Morgan fingerprint density at radius 3 is 2.33 bits per heavy atom. The lowest BCUT2D eigenvalue weighted by Crippen LogP contribution is -2.00. The average molecular weight is 366 g/mol. The zero-order chi connectivity index (χ0) is 19.0. The SMILES string of the molecule is CNc1nc(-c2cccnc2)nc2cc(-c3c(F)cc(F)cc3F)ccc12. The van der Waals surface area contributed by atoms with E-state index in [0.29, 0.717) is 40.2 Å². The highest BCUT2D eigenvalue weighted by atomic mass is 19.1. The van der Waals surface area contributed by atoms with E-state index in [-0.39, 0.29) is 11.1 Å². The normalized spacial score (nSPS) is 11.0. The van der Waals surface area contributed by atoms with E-state index >= 15 is 0 Å². The standard InChI is InChI=1S/C20H13F3N4/c1-24-20-14-5-4-11(18-15(22)8-13(21)9-16(18)23)7-17(14)26-19(27-20)12-3-2-6-25-10-12/h2-10H,1H3,(H,24,26,27). The molecule has 2 aromatic heterocycles. The molecule has 4 aromatic rings. The molecule has 7 heteroatoms. The lowest BCUT2D eigenvalue weighted by molar-refractivity contribution is 0.548. The minimum absolute atomic E-state index is 0.260. The minimum atomic E-state index is -0.970. The first-order valence-corrected chi connectivity index (χ1v) is 8.11. The molecule has 0 saturated carbocycles. The number of halogens is 3. The van der Waals surface area contributed by atoms with E-state index in [0.717, 1.165) is 0 Å². The van der Waals surface area contributed by atoms with Gasteiger partial charge in [-0.1, -0.05) is 6.07 Å². The van der Waals surface area contributed by atoms with Crippen LogP contribution in [0.2, 0.25) is 0 Å². The lowest BCUT2D eigenvalue weighted by Gasteiger charge is -2.11. The predicted molar refractivity (Wildman–Crippen MR) is 97.6 cm³/mol. The minimum Gasteiger partial charge on any atom is -0.373 e. The summed E-state index contributed by atoms with van der Waals surface area (Å²) in [7, 11) is 1.72. The molecular weight excluding hydrogens is 353 g/mol. The summed E-state index contributed by atoms with van der Waals surface area (Å²) in [6.45, 7) is 0. The first-order valence-electron chi connectivity index (χ1n) is 8.11. The van der Waals surface area contributed by atoms with Crippen LogP contribution in [0.4, 0.5) is 19.0 Å². The second-order valence-corrected chi connectivity index (χ2v) is 5.86. The Labute approximate surface area is 152 Å². The van der Waals surface area contributed by atoms with E-state index in [1.165, 1.54) is 0 Å². The molecule has 4 rings (SSSR count). The van der Waals surface area contributed by atoms with Crippen LogP contribution in [0, 0.1) is 17.5 Å². The van der Waals surface area contributed by atoms with Gasteiger partial charge in [-0.25, -0.2) is 23.1 Å². The van der Waals surface area contributed by atoms with Gasteiger partial charge in [-0.3, -0.25) is 4.98 Å². The molecular formula is C20H13F3N4. The Hall–Kier alpha value is -3.48. The average Bonchev–Trinajstić information content (AvgIpc) is 2.66. The fourth-order valence-corrected chi connectivity index (χ4v) is 2.92. The highest BCUT2D eigenvalue weighted by molar-refractivity contribution is 5.93. The fraction of sp³-hybridized carbons (Fsp3) is 0.0500. The molecule has 4 nitrogen and oxygen atoms in total. The Morgan fingerprint density at radius 2 is 1.67 bits per heavy atom. The summed E-state index contributed by atoms with van der Waals surface area (Å²) >= 11 is 0. The zero-order valence-corrected chi connectivity index (χ0v) is 14.2. The van der Waals surface area contributed by atoms with Gasteiger partial charge in [0, 0.05) is 42.5 Å². The number of aromatic nitrogens is 3. The van der Waals surface area contributed by atoms with Crippen LogP contribution >= 0.6 is 0 Å². The molecule has 0 aliphatic carbocycles. The van der Waals surface area contributed by atoms with Crippen LogP contribution in [0.5, 0.6) is 0 Å². The number of nitrogens with one attached hydrogen (secondary N) is 1. The van der Waals surface area contributed by atoms with E-state index in [1.54, 1.807) is 43.7 Å². The lowest BCUT2D eigenvalue weighted by atomic mass is 10.0. The van der Waals surface area contributed by atoms with Gasteiger partial charge in [-0.05, 0) is 29.8 Å². The molecule has 0 aliphatic heterocycles. The fourth-order valence-electron chi connectivity index (χ4n) is 2.92. The monoisotopic (exact) mass is 366 g/mol. The van der Waals surface area contributed by atoms with Gasteiger partial charge in [0.15, 0.2) is 5.82 Å². The molecule has 0 spiro atoms. The van der Waals surface area contributed by atoms with Crippen molar-refractivity contribution in [3.05, 3.63) is 72.3 Å². The van der Waals surface area contributed by atoms with Gasteiger partial charge in [-0.15, -0.1) is 0 Å². The van der Waals surface area contributed by atoms with Crippen molar-refractivity contribution < 1.29 is 13.2 Å². The van der Waals surface area contributed by atoms with Gasteiger partial charge in [0.25, 0.3) is 0 Å². The molecule has 0 radical (unpaired) electrons. The number of rotatable bonds is 3. The van der Waals surface area contributed by atoms with Crippen LogP contribution in [-0.2, 0) is 0 Å². The third-order valence-electron chi connectivity index (χ3n) is 4.15. The van der Waals surface area contributed by atoms with Crippen LogP contribution in [0.3, 0.4) is 0 Å². The van der Waals surface area contributed by atoms with Crippen molar-refractivity contribution in [2.45, 2.75) is 0 Å². The number of nitrogens with zero attached hydrogens (tertiary/aromatic N) is 3. The molecule has 1 N–H and O–H groups in total. The summed E-state index contributed by atoms with van der Waals surface area (Å²) in [5.41, 5.74) is 1.16. The predicted octanol–water partition coefficient (Wildman–Crippen LogP) is 4.82. The highest BCUT2D eigenvalue weighted by Gasteiger charge is 2.16. The first kappa shape index (κ1) is 17.0. The third-order valence-corrected chi connectivity index (χ3v) is 4.15. The van der Waals surface area contributed by atoms with E-state index in [4.69, 9.17) is 0 Å². The van der Waals surface area contributed by atoms with Gasteiger partial charge in [0.05, 0.1) is 11.1 Å². The number of hydrogen-bond acceptors (Lipinski definition) is 4. The maximum atomic E-state index is 14.2. The van der Waals surface area contributed by atoms with Crippen LogP contribution in [0.15, 0.2) is 54.9 Å². The largest absolute Gasteiger partial charge is 0.373 e. The third kappa shape index (κ3) is 3.08. The second kappa shape index (κ2) is 6.68. The maximum Gasteiger partial charge on any atom is 0.163 e. The van der Waals surface area contributed by atoms with Crippen molar-refractivity contribution in [2.24, 2.45) is 0 Å². The number of fused-ring (bicyclic) bond motifs is 1. The van der Waals surface area contributed by atoms with Gasteiger partial charge in [0.1, 0.15) is 23.3 Å². The van der Waals surface area contributed by atoms with E-state index in [2.05, 4.69) is 20.3 Å². The van der Waals surface area contributed by atoms with Crippen molar-refractivity contribution in [3.63, 3.8) is 0 Å². The number of pyridine rings is 1. The molecule has 0 aliphatic rings. The van der Waals surface area contributed by atoms with Crippen molar-refractivity contribution in [1.29, 1.82) is 0 Å². The summed E-state index contributed by atoms with van der Waals surface area (Å²) in [5.74, 6) is -1.90. The smallest absolute Gasteiger partial charge is 0.163 e. The quantitative estimate of drug-likeness (QED) is 0.565. The Kier molecular flexibility index (Phi) is 4.19. The second-order valence-electron chi connectivity index (χ2n) is 5.86. The summed E-state index contributed by atoms with van der Waals surface area (Å²) in [4.78, 5) is 13.0. The summed E-state index contributed by atoms with van der Waals surface area (Å²) in [6, 6.07) is 9.67. The van der Waals surface area contributed by atoms with E-state index in [1.807, 2.05) is 6.07 Å². The maximum absolute atomic E-state index is 14.2. The van der Waals surface area contributed by atoms with Gasteiger partial charge in [-0.2, -0.15) is 0 Å². The molecule has 0 atom stereocenters. The van der Waals surface area contributed by atoms with Gasteiger partial charge in [0.2, 0.25) is 0 Å². The number of hydrogen-bond donors (Lipinski definition) is 1. The summed E-state index contributed by atoms with van der Waals surface area (Å²) in [6.07, 6.45) is 3.27. The number of anilines is 1. The van der Waals surface area contributed by atoms with E-state index < -0.39 is 17.5 Å². The van der Waals surface area contributed by atoms with Crippen molar-refractivity contribution in [1.82, 2.24) is 15.0 Å². The molecule has 0 amide bonds. The highest BCUT2D eigenvalue weighted by Crippen LogP contribution is 2.32. The van der Waals surface area contributed by atoms with E-state index in [9.17, 15) is 13.2 Å². The Bertz CT molecular complexity index is 1120. The van der Waals surface area contributed by atoms with Crippen LogP contribution in [0.1, 0.15) is 0 Å². The zero-order valence-electron chi connectivity index (χ0n) is 14.2. The van der Waals surface area contributed by atoms with Crippen molar-refractivity contribution in [2.75, 3.05) is 12.4 Å². The molecule has 27 heavy (non-hydrogen) atoms.